The molecule has 1 amide bonds. The molecule has 5 atom stereocenters. The first-order valence-electron chi connectivity index (χ1n) is 12.0. The van der Waals surface area contributed by atoms with E-state index >= 15 is 0 Å². The Hall–Kier alpha value is -2.35. The third kappa shape index (κ3) is 4.29. The monoisotopic (exact) mass is 464 g/mol. The fourth-order valence-corrected chi connectivity index (χ4v) is 6.84. The van der Waals surface area contributed by atoms with Crippen LogP contribution in [0.5, 0.6) is 0 Å². The van der Waals surface area contributed by atoms with E-state index in [2.05, 4.69) is 24.4 Å². The highest BCUT2D eigenvalue weighted by Gasteiger charge is 2.54. The molecule has 2 fully saturated rings. The van der Waals surface area contributed by atoms with E-state index in [4.69, 9.17) is 11.6 Å². The highest BCUT2D eigenvalue weighted by Crippen LogP contribution is 2.61. The lowest BCUT2D eigenvalue weighted by Gasteiger charge is -2.50. The zero-order chi connectivity index (χ0) is 23.8. The van der Waals surface area contributed by atoms with Crippen molar-refractivity contribution in [1.29, 1.82) is 5.26 Å². The lowest BCUT2D eigenvalue weighted by Crippen LogP contribution is -2.44. The summed E-state index contributed by atoms with van der Waals surface area (Å²) in [5.41, 5.74) is 5.19. The Morgan fingerprint density at radius 3 is 2.55 bits per heavy atom. The quantitative estimate of drug-likeness (QED) is 0.561. The van der Waals surface area contributed by atoms with Crippen molar-refractivity contribution in [2.45, 2.75) is 64.4 Å². The maximum atomic E-state index is 11.0. The van der Waals surface area contributed by atoms with Crippen molar-refractivity contribution >= 4 is 17.5 Å². The number of carbonyl (C=O) groups is 1. The number of nitrogens with zero attached hydrogens (tertiary/aromatic N) is 1. The summed E-state index contributed by atoms with van der Waals surface area (Å²) in [5.74, 6) is 1.85. The fraction of sp³-hybridized carbons (Fsp3) is 0.500. The normalized spacial score (nSPS) is 29.5. The molecular weight excluding hydrogens is 432 g/mol. The predicted molar refractivity (Wildman–Crippen MR) is 131 cm³/mol. The largest absolute Gasteiger partial charge is 0.393 e. The maximum Gasteiger partial charge on any atom is 0.251 e. The zero-order valence-electron chi connectivity index (χ0n) is 19.7. The fourth-order valence-electron chi connectivity index (χ4n) is 6.53. The van der Waals surface area contributed by atoms with Gasteiger partial charge in [-0.25, -0.2) is 0 Å². The van der Waals surface area contributed by atoms with Crippen LogP contribution in [-0.2, 0) is 6.42 Å². The van der Waals surface area contributed by atoms with Gasteiger partial charge in [-0.1, -0.05) is 42.3 Å². The molecule has 0 bridgehead atoms. The second-order valence-electron chi connectivity index (χ2n) is 10.1. The lowest BCUT2D eigenvalue weighted by molar-refractivity contribution is -0.0226. The van der Waals surface area contributed by atoms with Crippen molar-refractivity contribution in [3.05, 3.63) is 69.2 Å². The van der Waals surface area contributed by atoms with Gasteiger partial charge in [0.1, 0.15) is 6.07 Å². The molecule has 0 radical (unpaired) electrons. The van der Waals surface area contributed by atoms with Gasteiger partial charge in [0, 0.05) is 12.6 Å². The molecule has 3 aliphatic rings. The van der Waals surface area contributed by atoms with E-state index in [-0.39, 0.29) is 17.4 Å². The first-order valence-corrected chi connectivity index (χ1v) is 12.4. The van der Waals surface area contributed by atoms with Gasteiger partial charge in [0.2, 0.25) is 0 Å². The van der Waals surface area contributed by atoms with Gasteiger partial charge in [-0.2, -0.15) is 5.26 Å². The summed E-state index contributed by atoms with van der Waals surface area (Å²) in [5, 5.41) is 22.8. The Morgan fingerprint density at radius 1 is 1.15 bits per heavy atom. The summed E-state index contributed by atoms with van der Waals surface area (Å²) in [6, 6.07) is 13.7. The summed E-state index contributed by atoms with van der Waals surface area (Å²) in [7, 11) is 1.63. The number of nitriles is 1. The molecule has 0 aliphatic heterocycles. The number of benzene rings is 2. The van der Waals surface area contributed by atoms with Gasteiger partial charge in [-0.15, -0.1) is 0 Å². The van der Waals surface area contributed by atoms with E-state index in [1.807, 2.05) is 37.3 Å². The molecule has 4 nitrogen and oxygen atoms in total. The summed E-state index contributed by atoms with van der Waals surface area (Å²) in [4.78, 5) is 11.0. The number of amides is 1. The van der Waals surface area contributed by atoms with E-state index in [0.29, 0.717) is 33.9 Å². The number of aryl methyl sites for hydroxylation is 1. The van der Waals surface area contributed by atoms with Crippen molar-refractivity contribution in [3.63, 3.8) is 0 Å². The van der Waals surface area contributed by atoms with Crippen molar-refractivity contribution in [1.82, 2.24) is 5.32 Å². The number of halogens is 1. The minimum absolute atomic E-state index is 0.0370. The third-order valence-corrected chi connectivity index (χ3v) is 8.89. The molecule has 174 valence electrons. The Labute approximate surface area is 202 Å². The van der Waals surface area contributed by atoms with E-state index in [1.165, 1.54) is 11.1 Å². The highest BCUT2D eigenvalue weighted by atomic mass is 35.5. The summed E-state index contributed by atoms with van der Waals surface area (Å²) >= 11 is 6.46. The van der Waals surface area contributed by atoms with E-state index in [9.17, 15) is 15.2 Å². The number of nitrogens with one attached hydrogen (secondary N) is 1. The number of aliphatic hydroxyl groups is 1. The third-order valence-electron chi connectivity index (χ3n) is 8.45. The lowest BCUT2D eigenvalue weighted by atomic mass is 9.55. The summed E-state index contributed by atoms with van der Waals surface area (Å²) in [6.07, 6.45) is 6.39. The van der Waals surface area contributed by atoms with Crippen LogP contribution < -0.4 is 5.32 Å². The number of aliphatic hydroxyl groups excluding tert-OH is 1. The second kappa shape index (κ2) is 9.49. The second-order valence-corrected chi connectivity index (χ2v) is 10.5. The molecule has 5 rings (SSSR count). The van der Waals surface area contributed by atoms with Crippen molar-refractivity contribution in [2.24, 2.45) is 17.3 Å². The number of hydrogen-bond acceptors (Lipinski definition) is 3. The molecule has 0 aromatic heterocycles. The van der Waals surface area contributed by atoms with Crippen LogP contribution in [-0.4, -0.2) is 24.2 Å². The topological polar surface area (TPSA) is 73.1 Å². The van der Waals surface area contributed by atoms with Crippen molar-refractivity contribution < 1.29 is 9.90 Å². The zero-order valence-corrected chi connectivity index (χ0v) is 20.5. The molecule has 0 saturated heterocycles. The van der Waals surface area contributed by atoms with Crippen LogP contribution in [0.3, 0.4) is 0 Å². The Bertz CT molecular complexity index is 1070. The molecule has 3 aliphatic carbocycles. The van der Waals surface area contributed by atoms with Crippen LogP contribution in [0.1, 0.15) is 77.6 Å². The maximum absolute atomic E-state index is 11.0. The van der Waals surface area contributed by atoms with Crippen LogP contribution in [0.25, 0.3) is 0 Å². The molecule has 2 N–H and O–H groups in total. The van der Waals surface area contributed by atoms with Crippen molar-refractivity contribution in [2.75, 3.05) is 7.05 Å². The van der Waals surface area contributed by atoms with Crippen LogP contribution in [0.2, 0.25) is 5.02 Å². The summed E-state index contributed by atoms with van der Waals surface area (Å²) in [6.45, 7) is 4.29. The van der Waals surface area contributed by atoms with Gasteiger partial charge in [0.25, 0.3) is 5.91 Å². The Balaban J connectivity index is 0.000000200. The number of rotatable bonds is 1. The average Bonchev–Trinajstić information content (AvgIpc) is 3.14. The van der Waals surface area contributed by atoms with Gasteiger partial charge in [-0.3, -0.25) is 4.79 Å². The molecule has 0 spiro atoms. The molecule has 5 heteroatoms. The first-order chi connectivity index (χ1) is 15.8. The van der Waals surface area contributed by atoms with Gasteiger partial charge >= 0.3 is 0 Å². The highest BCUT2D eigenvalue weighted by molar-refractivity contribution is 6.32. The number of fused-ring (bicyclic) bond motifs is 5. The molecule has 33 heavy (non-hydrogen) atoms. The predicted octanol–water partition coefficient (Wildman–Crippen LogP) is 5.78. The van der Waals surface area contributed by atoms with Gasteiger partial charge in [0.15, 0.2) is 0 Å². The van der Waals surface area contributed by atoms with E-state index in [0.717, 1.165) is 44.1 Å². The van der Waals surface area contributed by atoms with Gasteiger partial charge < -0.3 is 10.4 Å². The SMILES string of the molecule is CNC(=O)c1ccc(C)cc1.C[C@]12CCC3c4ccc(C#N)c(Cl)c4CCC3C1CC[C@@H]2O. The minimum Gasteiger partial charge on any atom is -0.393 e. The van der Waals surface area contributed by atoms with Crippen LogP contribution >= 0.6 is 11.6 Å². The minimum atomic E-state index is -0.121. The Morgan fingerprint density at radius 2 is 1.88 bits per heavy atom. The molecule has 0 heterocycles. The van der Waals surface area contributed by atoms with Crippen molar-refractivity contribution in [3.8, 4) is 6.07 Å². The molecule has 2 aromatic rings. The standard InChI is InChI=1S/C19H22ClNO.C9H11NO/c1-19-9-8-13-12-3-2-11(10-21)18(20)15(12)5-4-14(13)16(19)6-7-17(19)22;1-7-3-5-8(6-4-7)9(11)10-2/h2-3,13-14,16-17,22H,4-9H2,1H3;3-6H,1-2H3,(H,10,11)/t13?,14?,16?,17-,19-;/m0./s1. The molecular formula is C28H33ClN2O2. The molecule has 2 aromatic carbocycles. The number of carbonyl (C=O) groups excluding carboxylic acids is 1. The van der Waals surface area contributed by atoms with Gasteiger partial charge in [-0.05, 0) is 97.9 Å². The van der Waals surface area contributed by atoms with Crippen LogP contribution in [0, 0.1) is 35.5 Å². The average molecular weight is 465 g/mol. The van der Waals surface area contributed by atoms with E-state index < -0.39 is 0 Å². The smallest absolute Gasteiger partial charge is 0.251 e. The van der Waals surface area contributed by atoms with Crippen LogP contribution in [0.15, 0.2) is 36.4 Å². The molecule has 2 saturated carbocycles. The van der Waals surface area contributed by atoms with Gasteiger partial charge in [0.05, 0.1) is 16.7 Å². The van der Waals surface area contributed by atoms with E-state index in [1.54, 1.807) is 7.05 Å². The first kappa shape index (κ1) is 23.8. The summed E-state index contributed by atoms with van der Waals surface area (Å²) < 4.78 is 0. The molecule has 3 unspecified atom stereocenters. The Kier molecular flexibility index (Phi) is 6.84. The van der Waals surface area contributed by atoms with Crippen LogP contribution in [0.4, 0.5) is 0 Å². The number of hydrogen-bond donors (Lipinski definition) is 2.